The number of aryl methyl sites for hydroxylation is 1. The van der Waals surface area contributed by atoms with E-state index in [2.05, 4.69) is 0 Å². The SMILES string of the molecule is Cc1cccc(C(=O)OCc2ccccc2)c1OC(=O)c1ccccc1O. The molecule has 3 rings (SSSR count). The van der Waals surface area contributed by atoms with E-state index in [0.717, 1.165) is 5.56 Å². The van der Waals surface area contributed by atoms with E-state index >= 15 is 0 Å². The Morgan fingerprint density at radius 1 is 0.815 bits per heavy atom. The van der Waals surface area contributed by atoms with Crippen LogP contribution in [-0.4, -0.2) is 17.0 Å². The van der Waals surface area contributed by atoms with E-state index in [1.807, 2.05) is 30.3 Å². The van der Waals surface area contributed by atoms with Crippen molar-refractivity contribution >= 4 is 11.9 Å². The van der Waals surface area contributed by atoms with Crippen LogP contribution in [0, 0.1) is 6.92 Å². The molecule has 0 radical (unpaired) electrons. The number of benzene rings is 3. The molecule has 27 heavy (non-hydrogen) atoms. The molecule has 136 valence electrons. The molecule has 5 nitrogen and oxygen atoms in total. The van der Waals surface area contributed by atoms with Gasteiger partial charge >= 0.3 is 11.9 Å². The van der Waals surface area contributed by atoms with Gasteiger partial charge in [-0.3, -0.25) is 0 Å². The fourth-order valence-corrected chi connectivity index (χ4v) is 2.54. The molecule has 0 saturated heterocycles. The Morgan fingerprint density at radius 2 is 1.48 bits per heavy atom. The fourth-order valence-electron chi connectivity index (χ4n) is 2.54. The van der Waals surface area contributed by atoms with Gasteiger partial charge in [0.2, 0.25) is 0 Å². The molecular formula is C22H18O5. The molecule has 0 aliphatic heterocycles. The van der Waals surface area contributed by atoms with E-state index < -0.39 is 11.9 Å². The van der Waals surface area contributed by atoms with Crippen molar-refractivity contribution in [2.45, 2.75) is 13.5 Å². The molecule has 0 unspecified atom stereocenters. The predicted octanol–water partition coefficient (Wildman–Crippen LogP) is 4.28. The number of hydrogen-bond donors (Lipinski definition) is 1. The molecule has 0 bridgehead atoms. The van der Waals surface area contributed by atoms with E-state index in [9.17, 15) is 14.7 Å². The minimum absolute atomic E-state index is 0.0179. The topological polar surface area (TPSA) is 72.8 Å². The van der Waals surface area contributed by atoms with Gasteiger partial charge in [0.25, 0.3) is 0 Å². The zero-order valence-corrected chi connectivity index (χ0v) is 14.7. The largest absolute Gasteiger partial charge is 0.507 e. The molecule has 0 aliphatic rings. The van der Waals surface area contributed by atoms with E-state index in [1.165, 1.54) is 18.2 Å². The molecule has 0 saturated carbocycles. The van der Waals surface area contributed by atoms with Crippen LogP contribution >= 0.6 is 0 Å². The smallest absolute Gasteiger partial charge is 0.347 e. The first kappa shape index (κ1) is 18.2. The van der Waals surface area contributed by atoms with Crippen LogP contribution in [-0.2, 0) is 11.3 Å². The third-order valence-electron chi connectivity index (χ3n) is 3.96. The highest BCUT2D eigenvalue weighted by atomic mass is 16.5. The molecule has 0 spiro atoms. The summed E-state index contributed by atoms with van der Waals surface area (Å²) in [5.41, 5.74) is 1.62. The molecule has 3 aromatic carbocycles. The minimum Gasteiger partial charge on any atom is -0.507 e. The van der Waals surface area contributed by atoms with Gasteiger partial charge in [-0.05, 0) is 36.2 Å². The first-order valence-electron chi connectivity index (χ1n) is 8.37. The van der Waals surface area contributed by atoms with Gasteiger partial charge in [-0.2, -0.15) is 0 Å². The molecule has 0 amide bonds. The van der Waals surface area contributed by atoms with Crippen molar-refractivity contribution in [3.05, 3.63) is 95.1 Å². The van der Waals surface area contributed by atoms with Crippen LogP contribution in [0.15, 0.2) is 72.8 Å². The summed E-state index contributed by atoms with van der Waals surface area (Å²) in [7, 11) is 0. The summed E-state index contributed by atoms with van der Waals surface area (Å²) in [5, 5.41) is 9.82. The number of phenols is 1. The second-order valence-corrected chi connectivity index (χ2v) is 5.92. The van der Waals surface area contributed by atoms with Crippen LogP contribution in [0.3, 0.4) is 0 Å². The van der Waals surface area contributed by atoms with E-state index in [0.29, 0.717) is 5.56 Å². The lowest BCUT2D eigenvalue weighted by Crippen LogP contribution is -2.14. The summed E-state index contributed by atoms with van der Waals surface area (Å²) >= 11 is 0. The lowest BCUT2D eigenvalue weighted by atomic mass is 10.1. The van der Waals surface area contributed by atoms with Crippen LogP contribution in [0.25, 0.3) is 0 Å². The summed E-state index contributed by atoms with van der Waals surface area (Å²) in [6, 6.07) is 20.3. The van der Waals surface area contributed by atoms with Gasteiger partial charge in [0.15, 0.2) is 0 Å². The second kappa shape index (κ2) is 8.19. The van der Waals surface area contributed by atoms with Gasteiger partial charge in [-0.25, -0.2) is 9.59 Å². The number of hydrogen-bond acceptors (Lipinski definition) is 5. The van der Waals surface area contributed by atoms with Crippen molar-refractivity contribution in [3.63, 3.8) is 0 Å². The molecule has 0 aliphatic carbocycles. The van der Waals surface area contributed by atoms with Crippen molar-refractivity contribution in [3.8, 4) is 11.5 Å². The monoisotopic (exact) mass is 362 g/mol. The number of rotatable bonds is 5. The van der Waals surface area contributed by atoms with Crippen molar-refractivity contribution in [1.29, 1.82) is 0 Å². The van der Waals surface area contributed by atoms with Crippen LogP contribution in [0.5, 0.6) is 11.5 Å². The maximum Gasteiger partial charge on any atom is 0.347 e. The van der Waals surface area contributed by atoms with Crippen LogP contribution in [0.1, 0.15) is 31.8 Å². The Kier molecular flexibility index (Phi) is 5.52. The zero-order valence-electron chi connectivity index (χ0n) is 14.7. The summed E-state index contributed by atoms with van der Waals surface area (Å²) in [6.45, 7) is 1.84. The van der Waals surface area contributed by atoms with Gasteiger partial charge < -0.3 is 14.6 Å². The van der Waals surface area contributed by atoms with Crippen molar-refractivity contribution < 1.29 is 24.2 Å². The fraction of sp³-hybridized carbons (Fsp3) is 0.0909. The molecule has 3 aromatic rings. The van der Waals surface area contributed by atoms with E-state index in [4.69, 9.17) is 9.47 Å². The van der Waals surface area contributed by atoms with Crippen molar-refractivity contribution in [2.24, 2.45) is 0 Å². The van der Waals surface area contributed by atoms with Crippen LogP contribution in [0.4, 0.5) is 0 Å². The number of aromatic hydroxyl groups is 1. The Morgan fingerprint density at radius 3 is 2.22 bits per heavy atom. The minimum atomic E-state index is -0.750. The number of esters is 2. The maximum atomic E-state index is 12.5. The normalized spacial score (nSPS) is 10.3. The zero-order chi connectivity index (χ0) is 19.2. The van der Waals surface area contributed by atoms with Crippen LogP contribution in [0.2, 0.25) is 0 Å². The Balaban J connectivity index is 1.81. The number of ether oxygens (including phenoxy) is 2. The summed E-state index contributed by atoms with van der Waals surface area (Å²) in [5.74, 6) is -1.42. The first-order chi connectivity index (χ1) is 13.1. The van der Waals surface area contributed by atoms with Gasteiger partial charge in [0, 0.05) is 0 Å². The Hall–Kier alpha value is -3.60. The molecular weight excluding hydrogens is 344 g/mol. The number of carbonyl (C=O) groups is 2. The Labute approximate surface area is 156 Å². The highest BCUT2D eigenvalue weighted by Gasteiger charge is 2.21. The number of phenolic OH excluding ortho intramolecular Hbond substituents is 1. The third-order valence-corrected chi connectivity index (χ3v) is 3.96. The highest BCUT2D eigenvalue weighted by molar-refractivity contribution is 5.97. The summed E-state index contributed by atoms with van der Waals surface area (Å²) in [4.78, 5) is 24.9. The second-order valence-electron chi connectivity index (χ2n) is 5.92. The molecule has 0 atom stereocenters. The molecule has 0 aromatic heterocycles. The average molecular weight is 362 g/mol. The molecule has 5 heteroatoms. The molecule has 0 heterocycles. The van der Waals surface area contributed by atoms with E-state index in [1.54, 1.807) is 31.2 Å². The highest BCUT2D eigenvalue weighted by Crippen LogP contribution is 2.27. The van der Waals surface area contributed by atoms with Crippen molar-refractivity contribution in [1.82, 2.24) is 0 Å². The van der Waals surface area contributed by atoms with Gasteiger partial charge in [-0.1, -0.05) is 54.6 Å². The maximum absolute atomic E-state index is 12.5. The lowest BCUT2D eigenvalue weighted by molar-refractivity contribution is 0.0467. The van der Waals surface area contributed by atoms with Crippen molar-refractivity contribution in [2.75, 3.05) is 0 Å². The van der Waals surface area contributed by atoms with Crippen LogP contribution < -0.4 is 4.74 Å². The van der Waals surface area contributed by atoms with Gasteiger partial charge in [0.05, 0.1) is 0 Å². The summed E-state index contributed by atoms with van der Waals surface area (Å²) < 4.78 is 10.8. The quantitative estimate of drug-likeness (QED) is 0.542. The Bertz CT molecular complexity index is 963. The van der Waals surface area contributed by atoms with E-state index in [-0.39, 0.29) is 29.2 Å². The molecule has 1 N–H and O–H groups in total. The van der Waals surface area contributed by atoms with Gasteiger partial charge in [0.1, 0.15) is 29.2 Å². The third kappa shape index (κ3) is 4.33. The average Bonchev–Trinajstić information content (AvgIpc) is 2.68. The standard InChI is InChI=1S/C22H18O5/c1-15-8-7-12-18(21(24)26-14-16-9-3-2-4-10-16)20(15)27-22(25)17-11-5-6-13-19(17)23/h2-13,23H,14H2,1H3. The predicted molar refractivity (Wildman–Crippen MR) is 99.8 cm³/mol. The number of carbonyl (C=O) groups excluding carboxylic acids is 2. The number of para-hydroxylation sites is 2. The van der Waals surface area contributed by atoms with Gasteiger partial charge in [-0.15, -0.1) is 0 Å². The first-order valence-corrected chi connectivity index (χ1v) is 8.37. The molecule has 0 fully saturated rings. The lowest BCUT2D eigenvalue weighted by Gasteiger charge is -2.13. The summed E-state index contributed by atoms with van der Waals surface area (Å²) in [6.07, 6.45) is 0.